The Balaban J connectivity index is 1.48. The fraction of sp³-hybridized carbons (Fsp3) is 0.267. The van der Waals surface area contributed by atoms with Crippen LogP contribution in [0.4, 0.5) is 5.69 Å². The van der Waals surface area contributed by atoms with Gasteiger partial charge in [-0.2, -0.15) is 5.10 Å². The van der Waals surface area contributed by atoms with Crippen LogP contribution in [0.2, 0.25) is 0 Å². The van der Waals surface area contributed by atoms with E-state index >= 15 is 0 Å². The zero-order chi connectivity index (χ0) is 24.5. The molecule has 2 aromatic heterocycles. The first-order valence-corrected chi connectivity index (χ1v) is 12.4. The van der Waals surface area contributed by atoms with Gasteiger partial charge < -0.3 is 10.2 Å². The topological polar surface area (TPSA) is 45.5 Å². The molecule has 1 aliphatic rings. The minimum atomic E-state index is 0.471. The first kappa shape index (κ1) is 23.1. The monoisotopic (exact) mass is 463 g/mol. The lowest BCUT2D eigenvalue weighted by atomic mass is 9.92. The highest BCUT2D eigenvalue weighted by molar-refractivity contribution is 5.88. The van der Waals surface area contributed by atoms with Gasteiger partial charge in [0.2, 0.25) is 0 Å². The number of fused-ring (bicyclic) bond motifs is 1. The van der Waals surface area contributed by atoms with Gasteiger partial charge in [0.15, 0.2) is 5.65 Å². The van der Waals surface area contributed by atoms with E-state index in [2.05, 4.69) is 97.9 Å². The number of hydrogen-bond donors (Lipinski definition) is 1. The van der Waals surface area contributed by atoms with Crippen molar-refractivity contribution in [1.29, 1.82) is 0 Å². The number of rotatable bonds is 6. The van der Waals surface area contributed by atoms with Gasteiger partial charge in [0, 0.05) is 54.4 Å². The maximum absolute atomic E-state index is 4.83. The first-order chi connectivity index (χ1) is 17.0. The minimum Gasteiger partial charge on any atom is -0.364 e. The number of benzene rings is 2. The molecule has 0 aliphatic carbocycles. The van der Waals surface area contributed by atoms with Crippen LogP contribution in [-0.2, 0) is 0 Å². The fourth-order valence-corrected chi connectivity index (χ4v) is 5.20. The highest BCUT2D eigenvalue weighted by atomic mass is 15.2. The van der Waals surface area contributed by atoms with Crippen LogP contribution in [0, 0.1) is 0 Å². The van der Waals surface area contributed by atoms with Crippen molar-refractivity contribution in [3.8, 4) is 22.3 Å². The molecule has 0 saturated carbocycles. The van der Waals surface area contributed by atoms with Crippen LogP contribution < -0.4 is 10.2 Å². The molecule has 5 heteroatoms. The second kappa shape index (κ2) is 9.51. The summed E-state index contributed by atoms with van der Waals surface area (Å²) in [6.07, 6.45) is 8.69. The Morgan fingerprint density at radius 2 is 1.77 bits per heavy atom. The van der Waals surface area contributed by atoms with E-state index in [1.54, 1.807) is 0 Å². The maximum atomic E-state index is 4.83. The number of aromatic nitrogens is 3. The molecule has 178 valence electrons. The van der Waals surface area contributed by atoms with Crippen LogP contribution >= 0.6 is 0 Å². The number of allylic oxidation sites excluding steroid dienone is 1. The van der Waals surface area contributed by atoms with E-state index in [4.69, 9.17) is 4.98 Å². The van der Waals surface area contributed by atoms with Crippen LogP contribution in [0.15, 0.2) is 74.2 Å². The standard InChI is InChI=1S/C30H33N5/c1-6-20(3)27-9-8-10-28(26(27)7-2)29-18-33-34-19-24(17-32-30(29)34)23-11-13-25(14-12-23)35-21(4)15-31-16-22(35)5/h7-14,17-19,21-22,31H,2-3,6,15-16H2,1,4-5H3. The van der Waals surface area contributed by atoms with Gasteiger partial charge in [0.05, 0.1) is 6.20 Å². The van der Waals surface area contributed by atoms with Crippen LogP contribution in [0.5, 0.6) is 0 Å². The number of nitrogens with one attached hydrogen (secondary N) is 1. The highest BCUT2D eigenvalue weighted by Crippen LogP contribution is 2.34. The Hall–Kier alpha value is -3.70. The van der Waals surface area contributed by atoms with Gasteiger partial charge in [-0.3, -0.25) is 0 Å². The van der Waals surface area contributed by atoms with E-state index in [1.165, 1.54) is 5.69 Å². The smallest absolute Gasteiger partial charge is 0.162 e. The molecule has 5 nitrogen and oxygen atoms in total. The van der Waals surface area contributed by atoms with E-state index in [1.807, 2.05) is 23.0 Å². The molecule has 2 atom stereocenters. The van der Waals surface area contributed by atoms with Gasteiger partial charge in [-0.25, -0.2) is 9.50 Å². The molecule has 1 aliphatic heterocycles. The third kappa shape index (κ3) is 4.17. The lowest BCUT2D eigenvalue weighted by molar-refractivity contribution is 0.432. The van der Waals surface area contributed by atoms with Gasteiger partial charge in [0.25, 0.3) is 0 Å². The second-order valence-corrected chi connectivity index (χ2v) is 9.41. The lowest BCUT2D eigenvalue weighted by Crippen LogP contribution is -2.55. The summed E-state index contributed by atoms with van der Waals surface area (Å²) < 4.78 is 1.87. The maximum Gasteiger partial charge on any atom is 0.162 e. The van der Waals surface area contributed by atoms with Crippen molar-refractivity contribution < 1.29 is 0 Å². The van der Waals surface area contributed by atoms with E-state index in [0.717, 1.165) is 64.1 Å². The van der Waals surface area contributed by atoms with Gasteiger partial charge in [-0.05, 0) is 60.2 Å². The van der Waals surface area contributed by atoms with Crippen LogP contribution in [0.25, 0.3) is 39.6 Å². The third-order valence-corrected chi connectivity index (χ3v) is 7.09. The fourth-order valence-electron chi connectivity index (χ4n) is 5.20. The molecular weight excluding hydrogens is 430 g/mol. The van der Waals surface area contributed by atoms with Crippen LogP contribution in [0.1, 0.15) is 38.3 Å². The number of hydrogen-bond acceptors (Lipinski definition) is 4. The molecule has 2 unspecified atom stereocenters. The van der Waals surface area contributed by atoms with E-state index < -0.39 is 0 Å². The number of piperazine rings is 1. The second-order valence-electron chi connectivity index (χ2n) is 9.41. The normalized spacial score (nSPS) is 18.1. The van der Waals surface area contributed by atoms with Gasteiger partial charge in [0.1, 0.15) is 0 Å². The van der Waals surface area contributed by atoms with E-state index in [-0.39, 0.29) is 0 Å². The SMILES string of the molecule is C=Cc1c(C(=C)CC)cccc1-c1cnn2cc(-c3ccc(N4C(C)CNCC4C)cc3)cnc12. The van der Waals surface area contributed by atoms with Crippen molar-refractivity contribution in [1.82, 2.24) is 19.9 Å². The summed E-state index contributed by atoms with van der Waals surface area (Å²) >= 11 is 0. The Morgan fingerprint density at radius 1 is 1.03 bits per heavy atom. The molecule has 0 amide bonds. The predicted octanol–water partition coefficient (Wildman–Crippen LogP) is 6.32. The summed E-state index contributed by atoms with van der Waals surface area (Å²) in [5.41, 5.74) is 9.63. The highest BCUT2D eigenvalue weighted by Gasteiger charge is 2.24. The van der Waals surface area contributed by atoms with Crippen molar-refractivity contribution in [2.24, 2.45) is 0 Å². The molecule has 1 fully saturated rings. The summed E-state index contributed by atoms with van der Waals surface area (Å²) in [5, 5.41) is 8.15. The first-order valence-electron chi connectivity index (χ1n) is 12.4. The zero-order valence-corrected chi connectivity index (χ0v) is 20.8. The third-order valence-electron chi connectivity index (χ3n) is 7.09. The summed E-state index contributed by atoms with van der Waals surface area (Å²) in [5.74, 6) is 0. The Bertz CT molecular complexity index is 1370. The molecule has 4 aromatic rings. The van der Waals surface area contributed by atoms with Gasteiger partial charge in [-0.1, -0.05) is 56.5 Å². The molecule has 1 saturated heterocycles. The quantitative estimate of drug-likeness (QED) is 0.364. The lowest BCUT2D eigenvalue weighted by Gasteiger charge is -2.41. The number of nitrogens with zero attached hydrogens (tertiary/aromatic N) is 4. The minimum absolute atomic E-state index is 0.471. The Kier molecular flexibility index (Phi) is 6.27. The van der Waals surface area contributed by atoms with E-state index in [0.29, 0.717) is 12.1 Å². The molecule has 35 heavy (non-hydrogen) atoms. The van der Waals surface area contributed by atoms with Gasteiger partial charge in [-0.15, -0.1) is 0 Å². The average molecular weight is 464 g/mol. The summed E-state index contributed by atoms with van der Waals surface area (Å²) in [7, 11) is 0. The molecule has 5 rings (SSSR count). The molecular formula is C30H33N5. The van der Waals surface area contributed by atoms with Gasteiger partial charge >= 0.3 is 0 Å². The largest absolute Gasteiger partial charge is 0.364 e. The Labute approximate surface area is 207 Å². The molecule has 3 heterocycles. The molecule has 0 bridgehead atoms. The van der Waals surface area contributed by atoms with Crippen molar-refractivity contribution >= 4 is 23.0 Å². The van der Waals surface area contributed by atoms with Crippen LogP contribution in [-0.4, -0.2) is 39.8 Å². The molecule has 0 spiro atoms. The van der Waals surface area contributed by atoms with Crippen LogP contribution in [0.3, 0.4) is 0 Å². The summed E-state index contributed by atoms with van der Waals surface area (Å²) in [6.45, 7) is 17.0. The average Bonchev–Trinajstić information content (AvgIpc) is 3.31. The van der Waals surface area contributed by atoms with Crippen molar-refractivity contribution in [3.63, 3.8) is 0 Å². The van der Waals surface area contributed by atoms with Crippen molar-refractivity contribution in [2.75, 3.05) is 18.0 Å². The predicted molar refractivity (Wildman–Crippen MR) is 148 cm³/mol. The number of anilines is 1. The van der Waals surface area contributed by atoms with E-state index in [9.17, 15) is 0 Å². The molecule has 0 radical (unpaired) electrons. The summed E-state index contributed by atoms with van der Waals surface area (Å²) in [6, 6.07) is 16.0. The van der Waals surface area contributed by atoms with Crippen molar-refractivity contribution in [2.45, 2.75) is 39.3 Å². The zero-order valence-electron chi connectivity index (χ0n) is 20.8. The molecule has 2 aromatic carbocycles. The summed E-state index contributed by atoms with van der Waals surface area (Å²) in [4.78, 5) is 7.33. The molecule has 1 N–H and O–H groups in total. The van der Waals surface area contributed by atoms with Crippen molar-refractivity contribution in [3.05, 3.63) is 85.3 Å². The Morgan fingerprint density at radius 3 is 2.46 bits per heavy atom.